The Morgan fingerprint density at radius 3 is 2.68 bits per heavy atom. The highest BCUT2D eigenvalue weighted by Crippen LogP contribution is 2.38. The summed E-state index contributed by atoms with van der Waals surface area (Å²) in [4.78, 5) is 41.3. The molecule has 0 radical (unpaired) electrons. The van der Waals surface area contributed by atoms with Crippen molar-refractivity contribution in [3.8, 4) is 5.75 Å². The van der Waals surface area contributed by atoms with E-state index in [1.165, 1.54) is 15.5 Å². The van der Waals surface area contributed by atoms with Crippen LogP contribution in [0.3, 0.4) is 0 Å². The van der Waals surface area contributed by atoms with Crippen molar-refractivity contribution in [3.63, 3.8) is 0 Å². The number of allylic oxidation sites excluding steroid dienone is 3. The van der Waals surface area contributed by atoms with Gasteiger partial charge in [0.25, 0.3) is 17.4 Å². The lowest BCUT2D eigenvalue weighted by atomic mass is 9.91. The van der Waals surface area contributed by atoms with E-state index in [-0.39, 0.29) is 36.9 Å². The minimum Gasteiger partial charge on any atom is -0.502 e. The van der Waals surface area contributed by atoms with Crippen molar-refractivity contribution in [2.75, 3.05) is 26.8 Å². The van der Waals surface area contributed by atoms with Gasteiger partial charge in [0.1, 0.15) is 11.4 Å². The average molecular weight is 474 g/mol. The Morgan fingerprint density at radius 2 is 2.06 bits per heavy atom. The smallest absolute Gasteiger partial charge is 0.296 e. The number of pyridine rings is 1. The summed E-state index contributed by atoms with van der Waals surface area (Å²) in [5.41, 5.74) is -0.795. The van der Waals surface area contributed by atoms with Crippen molar-refractivity contribution < 1.29 is 23.8 Å². The first-order valence-electron chi connectivity index (χ1n) is 11.5. The predicted molar refractivity (Wildman–Crippen MR) is 127 cm³/mol. The molecule has 3 heterocycles. The number of nitrogens with zero attached hydrogens (tertiary/aromatic N) is 2. The molecule has 2 N–H and O–H groups in total. The molecule has 2 aliphatic heterocycles. The third-order valence-corrected chi connectivity index (χ3v) is 6.63. The van der Waals surface area contributed by atoms with Crippen LogP contribution in [0, 0.1) is 5.92 Å². The van der Waals surface area contributed by atoms with Gasteiger partial charge in [-0.15, -0.1) is 0 Å². The average Bonchev–Trinajstić information content (AvgIpc) is 3.14. The number of amides is 2. The number of ether oxygens (including phenoxy) is 1. The summed E-state index contributed by atoms with van der Waals surface area (Å²) in [5.74, 6) is -1.91. The summed E-state index contributed by atoms with van der Waals surface area (Å²) >= 11 is 0. The van der Waals surface area contributed by atoms with Crippen molar-refractivity contribution >= 4 is 11.8 Å². The second kappa shape index (κ2) is 10.4. The fourth-order valence-corrected chi connectivity index (χ4v) is 4.91. The Bertz CT molecular complexity index is 1120. The normalized spacial score (nSPS) is 21.3. The van der Waals surface area contributed by atoms with E-state index < -0.39 is 28.8 Å². The number of rotatable bonds is 9. The molecule has 0 bridgehead atoms. The molecule has 0 aromatic carbocycles. The Balaban J connectivity index is 2.10. The SMILES string of the molecule is CC/C=C/C(=C\C=C\F)CN1CCc2c(c(O)c(=O)n3c2C(=O)NC3(CC)C(C)COC)C1=O. The highest BCUT2D eigenvalue weighted by molar-refractivity contribution is 6.05. The maximum absolute atomic E-state index is 13.4. The molecule has 1 aromatic rings. The van der Waals surface area contributed by atoms with Crippen LogP contribution >= 0.6 is 0 Å². The van der Waals surface area contributed by atoms with E-state index in [0.717, 1.165) is 6.42 Å². The molecule has 0 saturated heterocycles. The number of carbonyl (C=O) groups is 2. The van der Waals surface area contributed by atoms with E-state index >= 15 is 0 Å². The van der Waals surface area contributed by atoms with Crippen molar-refractivity contribution in [3.05, 3.63) is 63.4 Å². The van der Waals surface area contributed by atoms with Crippen LogP contribution in [0.15, 0.2) is 41.0 Å². The Morgan fingerprint density at radius 1 is 1.32 bits per heavy atom. The van der Waals surface area contributed by atoms with Crippen LogP contribution in [0.1, 0.15) is 60.0 Å². The summed E-state index contributed by atoms with van der Waals surface area (Å²) in [6.07, 6.45) is 8.37. The minimum absolute atomic E-state index is 0.123. The molecule has 34 heavy (non-hydrogen) atoms. The van der Waals surface area contributed by atoms with E-state index in [0.29, 0.717) is 30.3 Å². The van der Waals surface area contributed by atoms with E-state index in [1.807, 2.05) is 26.8 Å². The Labute approximate surface area is 198 Å². The second-order valence-corrected chi connectivity index (χ2v) is 8.63. The lowest BCUT2D eigenvalue weighted by Gasteiger charge is -2.37. The van der Waals surface area contributed by atoms with Crippen LogP contribution in [-0.2, 0) is 16.8 Å². The summed E-state index contributed by atoms with van der Waals surface area (Å²) in [5, 5.41) is 13.8. The third-order valence-electron chi connectivity index (χ3n) is 6.63. The highest BCUT2D eigenvalue weighted by Gasteiger charge is 2.49. The maximum Gasteiger partial charge on any atom is 0.296 e. The van der Waals surface area contributed by atoms with Gasteiger partial charge in [-0.2, -0.15) is 0 Å². The first-order chi connectivity index (χ1) is 16.3. The summed E-state index contributed by atoms with van der Waals surface area (Å²) in [6, 6.07) is 0. The predicted octanol–water partition coefficient (Wildman–Crippen LogP) is 3.02. The number of halogens is 1. The van der Waals surface area contributed by atoms with Crippen molar-refractivity contribution in [1.82, 2.24) is 14.8 Å². The van der Waals surface area contributed by atoms with Crippen molar-refractivity contribution in [2.45, 2.75) is 45.7 Å². The van der Waals surface area contributed by atoms with E-state index in [1.54, 1.807) is 19.3 Å². The van der Waals surface area contributed by atoms with Gasteiger partial charge in [-0.3, -0.25) is 19.0 Å². The number of fused-ring (bicyclic) bond motifs is 3. The van der Waals surface area contributed by atoms with Gasteiger partial charge >= 0.3 is 0 Å². The highest BCUT2D eigenvalue weighted by atomic mass is 19.1. The second-order valence-electron chi connectivity index (χ2n) is 8.63. The molecule has 2 amide bonds. The number of carbonyl (C=O) groups excluding carboxylic acids is 2. The molecule has 0 fully saturated rings. The number of methoxy groups -OCH3 is 1. The minimum atomic E-state index is -1.06. The zero-order valence-corrected chi connectivity index (χ0v) is 20.1. The van der Waals surface area contributed by atoms with Gasteiger partial charge in [0, 0.05) is 31.7 Å². The van der Waals surface area contributed by atoms with Gasteiger partial charge < -0.3 is 20.1 Å². The molecular weight excluding hydrogens is 441 g/mol. The first-order valence-corrected chi connectivity index (χ1v) is 11.5. The lowest BCUT2D eigenvalue weighted by molar-refractivity contribution is 0.0532. The molecule has 0 spiro atoms. The zero-order valence-electron chi connectivity index (χ0n) is 20.1. The number of hydrogen-bond donors (Lipinski definition) is 2. The Hall–Kier alpha value is -3.20. The van der Waals surface area contributed by atoms with Crippen LogP contribution in [0.2, 0.25) is 0 Å². The third kappa shape index (κ3) is 4.20. The van der Waals surface area contributed by atoms with Crippen LogP contribution in [0.4, 0.5) is 4.39 Å². The number of aromatic nitrogens is 1. The Kier molecular flexibility index (Phi) is 7.76. The van der Waals surface area contributed by atoms with E-state index in [2.05, 4.69) is 5.32 Å². The molecule has 3 rings (SSSR count). The molecule has 2 atom stereocenters. The van der Waals surface area contributed by atoms with E-state index in [9.17, 15) is 23.9 Å². The van der Waals surface area contributed by atoms with Crippen LogP contribution in [0.5, 0.6) is 5.75 Å². The lowest BCUT2D eigenvalue weighted by Crippen LogP contribution is -2.53. The fraction of sp³-hybridized carbons (Fsp3) is 0.480. The van der Waals surface area contributed by atoms with Gasteiger partial charge in [0.05, 0.1) is 18.5 Å². The molecule has 9 heteroatoms. The van der Waals surface area contributed by atoms with E-state index in [4.69, 9.17) is 4.74 Å². The quantitative estimate of drug-likeness (QED) is 0.537. The molecule has 184 valence electrons. The van der Waals surface area contributed by atoms with Crippen LogP contribution < -0.4 is 10.9 Å². The molecule has 1 aromatic heterocycles. The van der Waals surface area contributed by atoms with Gasteiger partial charge in [0.2, 0.25) is 0 Å². The largest absolute Gasteiger partial charge is 0.502 e. The fourth-order valence-electron chi connectivity index (χ4n) is 4.91. The zero-order chi connectivity index (χ0) is 25.0. The maximum atomic E-state index is 13.4. The van der Waals surface area contributed by atoms with Gasteiger partial charge in [-0.05, 0) is 30.9 Å². The topological polar surface area (TPSA) is 101 Å². The van der Waals surface area contributed by atoms with Gasteiger partial charge in [-0.25, -0.2) is 4.39 Å². The van der Waals surface area contributed by atoms with Gasteiger partial charge in [0.15, 0.2) is 5.75 Å². The summed E-state index contributed by atoms with van der Waals surface area (Å²) in [6.45, 7) is 6.42. The first kappa shape index (κ1) is 25.4. The molecule has 0 saturated carbocycles. The van der Waals surface area contributed by atoms with Crippen LogP contribution in [-0.4, -0.2) is 53.2 Å². The summed E-state index contributed by atoms with van der Waals surface area (Å²) < 4.78 is 19.1. The monoisotopic (exact) mass is 473 g/mol. The molecule has 8 nitrogen and oxygen atoms in total. The number of aromatic hydroxyl groups is 1. The van der Waals surface area contributed by atoms with Gasteiger partial charge in [-0.1, -0.05) is 39.0 Å². The van der Waals surface area contributed by atoms with Crippen molar-refractivity contribution in [1.29, 1.82) is 0 Å². The van der Waals surface area contributed by atoms with Crippen molar-refractivity contribution in [2.24, 2.45) is 5.92 Å². The molecular formula is C25H32FN3O5. The summed E-state index contributed by atoms with van der Waals surface area (Å²) in [7, 11) is 1.54. The molecule has 0 aliphatic carbocycles. The molecule has 2 aliphatic rings. The number of nitrogens with one attached hydrogen (secondary N) is 1. The number of hydrogen-bond acceptors (Lipinski definition) is 5. The van der Waals surface area contributed by atoms with Crippen LogP contribution in [0.25, 0.3) is 0 Å². The standard InChI is InChI=1S/C25H32FN3O5/c1-5-7-9-17(10-8-12-26)14-28-13-11-18-19(23(28)32)21(30)24(33)29-20(18)22(31)27-25(29,6-2)16(3)15-34-4/h7-10,12,16,30H,5-6,11,13-15H2,1-4H3,(H,27,31)/b9-7+,12-8+,17-10+. The molecule has 2 unspecified atom stereocenters.